The van der Waals surface area contributed by atoms with E-state index in [0.29, 0.717) is 49.8 Å². The van der Waals surface area contributed by atoms with Crippen molar-refractivity contribution in [3.8, 4) is 5.75 Å². The van der Waals surface area contributed by atoms with Crippen molar-refractivity contribution in [2.75, 3.05) is 26.8 Å². The molecule has 0 atom stereocenters. The van der Waals surface area contributed by atoms with Gasteiger partial charge >= 0.3 is 5.97 Å². The monoisotopic (exact) mass is 333 g/mol. The molecule has 0 bridgehead atoms. The summed E-state index contributed by atoms with van der Waals surface area (Å²) in [6.45, 7) is 7.56. The molecular formula is C19H27NO4. The Kier molecular flexibility index (Phi) is 6.23. The van der Waals surface area contributed by atoms with Crippen molar-refractivity contribution >= 4 is 11.9 Å². The summed E-state index contributed by atoms with van der Waals surface area (Å²) in [5, 5.41) is 0. The maximum absolute atomic E-state index is 12.8. The molecule has 5 heteroatoms. The summed E-state index contributed by atoms with van der Waals surface area (Å²) in [6.07, 6.45) is 1.30. The van der Waals surface area contributed by atoms with Gasteiger partial charge in [-0.25, -0.2) is 0 Å². The fourth-order valence-corrected chi connectivity index (χ4v) is 2.99. The number of methoxy groups -OCH3 is 1. The fraction of sp³-hybridized carbons (Fsp3) is 0.579. The first kappa shape index (κ1) is 18.3. The first-order valence-corrected chi connectivity index (χ1v) is 8.61. The van der Waals surface area contributed by atoms with Crippen molar-refractivity contribution in [3.63, 3.8) is 0 Å². The molecule has 0 spiro atoms. The lowest BCUT2D eigenvalue weighted by molar-refractivity contribution is -0.149. The molecule has 1 heterocycles. The van der Waals surface area contributed by atoms with Gasteiger partial charge in [-0.3, -0.25) is 9.59 Å². The van der Waals surface area contributed by atoms with Gasteiger partial charge in [0, 0.05) is 13.1 Å². The van der Waals surface area contributed by atoms with Crippen LogP contribution in [0, 0.1) is 5.92 Å². The smallest absolute Gasteiger partial charge is 0.309 e. The van der Waals surface area contributed by atoms with Crippen LogP contribution >= 0.6 is 0 Å². The van der Waals surface area contributed by atoms with E-state index in [0.717, 1.165) is 5.56 Å². The Labute approximate surface area is 143 Å². The van der Waals surface area contributed by atoms with Crippen molar-refractivity contribution in [1.29, 1.82) is 0 Å². The molecule has 24 heavy (non-hydrogen) atoms. The van der Waals surface area contributed by atoms with Gasteiger partial charge in [0.1, 0.15) is 5.75 Å². The van der Waals surface area contributed by atoms with Crippen LogP contribution in [0.5, 0.6) is 5.75 Å². The van der Waals surface area contributed by atoms with Gasteiger partial charge in [-0.1, -0.05) is 19.9 Å². The molecule has 0 saturated carbocycles. The van der Waals surface area contributed by atoms with Crippen molar-refractivity contribution in [3.05, 3.63) is 29.3 Å². The normalized spacial score (nSPS) is 15.5. The van der Waals surface area contributed by atoms with E-state index < -0.39 is 0 Å². The maximum atomic E-state index is 12.8. The van der Waals surface area contributed by atoms with Gasteiger partial charge in [0.25, 0.3) is 5.91 Å². The van der Waals surface area contributed by atoms with E-state index >= 15 is 0 Å². The minimum atomic E-state index is -0.150. The number of esters is 1. The second-order valence-corrected chi connectivity index (χ2v) is 6.43. The number of ether oxygens (including phenoxy) is 2. The van der Waals surface area contributed by atoms with Gasteiger partial charge < -0.3 is 14.4 Å². The molecule has 1 aromatic carbocycles. The summed E-state index contributed by atoms with van der Waals surface area (Å²) in [5.74, 6) is 0.703. The Morgan fingerprint density at radius 3 is 2.46 bits per heavy atom. The molecule has 132 valence electrons. The molecule has 0 N–H and O–H groups in total. The Morgan fingerprint density at radius 1 is 1.25 bits per heavy atom. The largest absolute Gasteiger partial charge is 0.496 e. The Hall–Kier alpha value is -2.04. The van der Waals surface area contributed by atoms with Crippen LogP contribution in [0.25, 0.3) is 0 Å². The molecule has 1 aliphatic rings. The van der Waals surface area contributed by atoms with E-state index in [4.69, 9.17) is 9.47 Å². The minimum Gasteiger partial charge on any atom is -0.496 e. The third-order valence-electron chi connectivity index (χ3n) is 4.52. The lowest BCUT2D eigenvalue weighted by atomic mass is 9.96. The molecule has 5 nitrogen and oxygen atoms in total. The third-order valence-corrected chi connectivity index (χ3v) is 4.52. The van der Waals surface area contributed by atoms with Crippen LogP contribution in [0.2, 0.25) is 0 Å². The summed E-state index contributed by atoms with van der Waals surface area (Å²) < 4.78 is 10.5. The molecule has 1 aromatic rings. The summed E-state index contributed by atoms with van der Waals surface area (Å²) in [6, 6.07) is 5.75. The van der Waals surface area contributed by atoms with E-state index in [-0.39, 0.29) is 17.8 Å². The van der Waals surface area contributed by atoms with Crippen LogP contribution in [-0.4, -0.2) is 43.6 Å². The van der Waals surface area contributed by atoms with Crippen molar-refractivity contribution in [2.45, 2.75) is 39.5 Å². The quantitative estimate of drug-likeness (QED) is 0.776. The van der Waals surface area contributed by atoms with Crippen molar-refractivity contribution in [2.24, 2.45) is 5.92 Å². The molecule has 1 amide bonds. The molecule has 0 unspecified atom stereocenters. The minimum absolute atomic E-state index is 0.0375. The van der Waals surface area contributed by atoms with E-state index in [1.165, 1.54) is 0 Å². The van der Waals surface area contributed by atoms with Gasteiger partial charge in [-0.05, 0) is 43.4 Å². The Bertz CT molecular complexity index is 589. The number of nitrogens with zero attached hydrogens (tertiary/aromatic N) is 1. The molecule has 2 rings (SSSR count). The standard InChI is InChI=1S/C19H27NO4/c1-5-24-19(22)14-8-10-20(11-9-14)18(21)16-7-6-15(13(2)3)12-17(16)23-4/h6-7,12-14H,5,8-11H2,1-4H3. The lowest BCUT2D eigenvalue weighted by Crippen LogP contribution is -2.40. The number of carbonyl (C=O) groups excluding carboxylic acids is 2. The molecule has 1 aliphatic heterocycles. The average molecular weight is 333 g/mol. The summed E-state index contributed by atoms with van der Waals surface area (Å²) in [5.41, 5.74) is 1.72. The van der Waals surface area contributed by atoms with Crippen LogP contribution in [0.3, 0.4) is 0 Å². The van der Waals surface area contributed by atoms with Gasteiger partial charge in [0.05, 0.1) is 25.2 Å². The topological polar surface area (TPSA) is 55.8 Å². The van der Waals surface area contributed by atoms with Crippen LogP contribution in [0.4, 0.5) is 0 Å². The predicted octanol–water partition coefficient (Wildman–Crippen LogP) is 3.23. The summed E-state index contributed by atoms with van der Waals surface area (Å²) in [4.78, 5) is 26.4. The number of piperidine rings is 1. The molecule has 1 fully saturated rings. The number of amides is 1. The Balaban J connectivity index is 2.06. The van der Waals surface area contributed by atoms with Crippen LogP contribution in [-0.2, 0) is 9.53 Å². The number of likely N-dealkylation sites (tertiary alicyclic amines) is 1. The highest BCUT2D eigenvalue weighted by Gasteiger charge is 2.29. The maximum Gasteiger partial charge on any atom is 0.309 e. The average Bonchev–Trinajstić information content (AvgIpc) is 2.60. The number of rotatable bonds is 5. The van der Waals surface area contributed by atoms with Crippen LogP contribution in [0.1, 0.15) is 55.5 Å². The second kappa shape index (κ2) is 8.18. The zero-order valence-electron chi connectivity index (χ0n) is 15.0. The number of carbonyl (C=O) groups is 2. The zero-order chi connectivity index (χ0) is 17.7. The van der Waals surface area contributed by atoms with E-state index in [9.17, 15) is 9.59 Å². The van der Waals surface area contributed by atoms with E-state index in [2.05, 4.69) is 13.8 Å². The highest BCUT2D eigenvalue weighted by Crippen LogP contribution is 2.27. The fourth-order valence-electron chi connectivity index (χ4n) is 2.99. The molecule has 0 aliphatic carbocycles. The number of benzene rings is 1. The van der Waals surface area contributed by atoms with Gasteiger partial charge in [-0.2, -0.15) is 0 Å². The van der Waals surface area contributed by atoms with Crippen molar-refractivity contribution < 1.29 is 19.1 Å². The first-order chi connectivity index (χ1) is 11.5. The molecule has 0 radical (unpaired) electrons. The molecule has 0 aromatic heterocycles. The second-order valence-electron chi connectivity index (χ2n) is 6.43. The highest BCUT2D eigenvalue weighted by molar-refractivity contribution is 5.97. The summed E-state index contributed by atoms with van der Waals surface area (Å²) >= 11 is 0. The van der Waals surface area contributed by atoms with Crippen molar-refractivity contribution in [1.82, 2.24) is 4.90 Å². The molecule has 1 saturated heterocycles. The Morgan fingerprint density at radius 2 is 1.92 bits per heavy atom. The van der Waals surface area contributed by atoms with E-state index in [1.807, 2.05) is 25.1 Å². The number of hydrogen-bond acceptors (Lipinski definition) is 4. The zero-order valence-corrected chi connectivity index (χ0v) is 15.0. The van der Waals surface area contributed by atoms with Gasteiger partial charge in [-0.15, -0.1) is 0 Å². The summed E-state index contributed by atoms with van der Waals surface area (Å²) in [7, 11) is 1.59. The lowest BCUT2D eigenvalue weighted by Gasteiger charge is -2.31. The van der Waals surface area contributed by atoms with Gasteiger partial charge in [0.15, 0.2) is 0 Å². The number of hydrogen-bond donors (Lipinski definition) is 0. The van der Waals surface area contributed by atoms with E-state index in [1.54, 1.807) is 12.0 Å². The predicted molar refractivity (Wildman–Crippen MR) is 92.3 cm³/mol. The SMILES string of the molecule is CCOC(=O)C1CCN(C(=O)c2ccc(C(C)C)cc2OC)CC1. The third kappa shape index (κ3) is 4.08. The first-order valence-electron chi connectivity index (χ1n) is 8.61. The van der Waals surface area contributed by atoms with Crippen LogP contribution in [0.15, 0.2) is 18.2 Å². The molecular weight excluding hydrogens is 306 g/mol. The van der Waals surface area contributed by atoms with Gasteiger partial charge in [0.2, 0.25) is 0 Å². The van der Waals surface area contributed by atoms with Crippen LogP contribution < -0.4 is 4.74 Å². The highest BCUT2D eigenvalue weighted by atomic mass is 16.5.